The summed E-state index contributed by atoms with van der Waals surface area (Å²) < 4.78 is 2.83. The second kappa shape index (κ2) is 4.10. The molecule has 0 saturated heterocycles. The quantitative estimate of drug-likeness (QED) is 0.703. The number of fused-ring (bicyclic) bond motifs is 1. The van der Waals surface area contributed by atoms with Crippen molar-refractivity contribution in [1.82, 2.24) is 14.5 Å². The van der Waals surface area contributed by atoms with E-state index >= 15 is 0 Å². The molecule has 90 valence electrons. The molecule has 0 spiro atoms. The summed E-state index contributed by atoms with van der Waals surface area (Å²) in [4.78, 5) is 8.91. The number of para-hydroxylation sites is 1. The summed E-state index contributed by atoms with van der Waals surface area (Å²) in [6.07, 6.45) is 1.76. The number of aromatic nitrogens is 3. The minimum Gasteiger partial charge on any atom is -0.397 e. The summed E-state index contributed by atoms with van der Waals surface area (Å²) in [6.45, 7) is 0. The zero-order valence-corrected chi connectivity index (χ0v) is 11.3. The van der Waals surface area contributed by atoms with Crippen molar-refractivity contribution in [2.24, 2.45) is 7.05 Å². The molecule has 2 aromatic heterocycles. The van der Waals surface area contributed by atoms with Gasteiger partial charge in [-0.05, 0) is 40.2 Å². The van der Waals surface area contributed by atoms with Gasteiger partial charge in [-0.2, -0.15) is 0 Å². The van der Waals surface area contributed by atoms with Gasteiger partial charge in [-0.25, -0.2) is 9.97 Å². The Bertz CT molecular complexity index is 733. The van der Waals surface area contributed by atoms with Crippen molar-refractivity contribution < 1.29 is 0 Å². The Morgan fingerprint density at radius 2 is 2.06 bits per heavy atom. The van der Waals surface area contributed by atoms with E-state index in [1.54, 1.807) is 6.20 Å². The number of aryl methyl sites for hydroxylation is 1. The molecule has 2 heterocycles. The Morgan fingerprint density at radius 1 is 1.22 bits per heavy atom. The normalized spacial score (nSPS) is 11.0. The number of nitrogens with two attached hydrogens (primary N) is 1. The molecule has 18 heavy (non-hydrogen) atoms. The monoisotopic (exact) mass is 302 g/mol. The maximum absolute atomic E-state index is 6.08. The summed E-state index contributed by atoms with van der Waals surface area (Å²) in [7, 11) is 1.94. The predicted molar refractivity (Wildman–Crippen MR) is 76.1 cm³/mol. The third-order valence-corrected chi connectivity index (χ3v) is 3.61. The highest BCUT2D eigenvalue weighted by molar-refractivity contribution is 9.10. The van der Waals surface area contributed by atoms with Crippen LogP contribution < -0.4 is 5.73 Å². The van der Waals surface area contributed by atoms with Crippen LogP contribution in [-0.2, 0) is 7.05 Å². The number of halogens is 1. The zero-order chi connectivity index (χ0) is 12.7. The number of benzene rings is 1. The van der Waals surface area contributed by atoms with Crippen LogP contribution in [0, 0.1) is 0 Å². The lowest BCUT2D eigenvalue weighted by molar-refractivity contribution is 0.942. The fraction of sp³-hybridized carbons (Fsp3) is 0.0769. The summed E-state index contributed by atoms with van der Waals surface area (Å²) in [6, 6.07) is 9.65. The molecule has 3 aromatic rings. The summed E-state index contributed by atoms with van der Waals surface area (Å²) in [5, 5.41) is 0. The van der Waals surface area contributed by atoms with Crippen LogP contribution in [0.1, 0.15) is 0 Å². The minimum atomic E-state index is 0.691. The van der Waals surface area contributed by atoms with Gasteiger partial charge in [0.2, 0.25) is 0 Å². The lowest BCUT2D eigenvalue weighted by atomic mass is 10.2. The molecule has 0 fully saturated rings. The lowest BCUT2D eigenvalue weighted by Gasteiger charge is -2.06. The van der Waals surface area contributed by atoms with Crippen LogP contribution in [-0.4, -0.2) is 14.5 Å². The molecule has 0 aliphatic carbocycles. The molecule has 0 radical (unpaired) electrons. The molecule has 4 nitrogen and oxygen atoms in total. The van der Waals surface area contributed by atoms with Gasteiger partial charge in [0.15, 0.2) is 5.65 Å². The Morgan fingerprint density at radius 3 is 2.83 bits per heavy atom. The van der Waals surface area contributed by atoms with Gasteiger partial charge in [0.1, 0.15) is 11.3 Å². The number of pyridine rings is 1. The van der Waals surface area contributed by atoms with Gasteiger partial charge in [0, 0.05) is 23.3 Å². The number of rotatable bonds is 1. The highest BCUT2D eigenvalue weighted by Gasteiger charge is 2.13. The largest absolute Gasteiger partial charge is 0.397 e. The average Bonchev–Trinajstić information content (AvgIpc) is 2.71. The second-order valence-corrected chi connectivity index (χ2v) is 4.90. The second-order valence-electron chi connectivity index (χ2n) is 4.04. The highest BCUT2D eigenvalue weighted by atomic mass is 79.9. The van der Waals surface area contributed by atoms with Crippen LogP contribution in [0.5, 0.6) is 0 Å². The maximum atomic E-state index is 6.08. The third-order valence-electron chi connectivity index (χ3n) is 2.92. The molecule has 5 heteroatoms. The van der Waals surface area contributed by atoms with E-state index in [9.17, 15) is 0 Å². The van der Waals surface area contributed by atoms with Crippen LogP contribution >= 0.6 is 15.9 Å². The third kappa shape index (κ3) is 1.59. The van der Waals surface area contributed by atoms with Crippen molar-refractivity contribution >= 4 is 32.8 Å². The van der Waals surface area contributed by atoms with E-state index in [0.29, 0.717) is 5.69 Å². The van der Waals surface area contributed by atoms with E-state index in [4.69, 9.17) is 5.73 Å². The van der Waals surface area contributed by atoms with Crippen molar-refractivity contribution in [3.05, 3.63) is 41.0 Å². The van der Waals surface area contributed by atoms with Crippen LogP contribution in [0.4, 0.5) is 5.69 Å². The topological polar surface area (TPSA) is 56.7 Å². The Kier molecular flexibility index (Phi) is 2.56. The fourth-order valence-corrected chi connectivity index (χ4v) is 2.36. The van der Waals surface area contributed by atoms with E-state index in [2.05, 4.69) is 25.9 Å². The minimum absolute atomic E-state index is 0.691. The molecule has 0 unspecified atom stereocenters. The molecule has 0 saturated carbocycles. The van der Waals surface area contributed by atoms with E-state index in [-0.39, 0.29) is 0 Å². The maximum Gasteiger partial charge on any atom is 0.159 e. The average molecular weight is 303 g/mol. The first-order chi connectivity index (χ1) is 8.68. The Labute approximate surface area is 113 Å². The molecule has 1 aromatic carbocycles. The van der Waals surface area contributed by atoms with Crippen LogP contribution in [0.15, 0.2) is 41.0 Å². The van der Waals surface area contributed by atoms with Crippen LogP contribution in [0.2, 0.25) is 0 Å². The van der Waals surface area contributed by atoms with Gasteiger partial charge in [-0.3, -0.25) is 0 Å². The zero-order valence-electron chi connectivity index (χ0n) is 9.76. The van der Waals surface area contributed by atoms with Gasteiger partial charge in [-0.1, -0.05) is 6.07 Å². The van der Waals surface area contributed by atoms with E-state index in [1.807, 2.05) is 41.9 Å². The van der Waals surface area contributed by atoms with Gasteiger partial charge >= 0.3 is 0 Å². The smallest absolute Gasteiger partial charge is 0.159 e. The van der Waals surface area contributed by atoms with Gasteiger partial charge in [0.05, 0.1) is 5.69 Å². The van der Waals surface area contributed by atoms with Gasteiger partial charge in [-0.15, -0.1) is 0 Å². The molecular weight excluding hydrogens is 292 g/mol. The Hall–Kier alpha value is -1.88. The number of nitrogens with zero attached hydrogens (tertiary/aromatic N) is 3. The molecule has 3 rings (SSSR count). The number of hydrogen-bond acceptors (Lipinski definition) is 3. The first-order valence-electron chi connectivity index (χ1n) is 5.50. The Balaban J connectivity index is 2.32. The van der Waals surface area contributed by atoms with E-state index < -0.39 is 0 Å². The number of anilines is 1. The van der Waals surface area contributed by atoms with Crippen molar-refractivity contribution in [1.29, 1.82) is 0 Å². The van der Waals surface area contributed by atoms with Gasteiger partial charge in [0.25, 0.3) is 0 Å². The summed E-state index contributed by atoms with van der Waals surface area (Å²) in [5.41, 5.74) is 9.41. The predicted octanol–water partition coefficient (Wildman–Crippen LogP) is 2.98. The number of imidazole rings is 1. The molecule has 0 amide bonds. The van der Waals surface area contributed by atoms with Crippen molar-refractivity contribution in [2.75, 3.05) is 5.73 Å². The molecule has 0 atom stereocenters. The molecule has 2 N–H and O–H groups in total. The van der Waals surface area contributed by atoms with Crippen molar-refractivity contribution in [2.45, 2.75) is 0 Å². The number of hydrogen-bond donors (Lipinski definition) is 1. The van der Waals surface area contributed by atoms with Crippen LogP contribution in [0.3, 0.4) is 0 Å². The fourth-order valence-electron chi connectivity index (χ4n) is 2.00. The SMILES string of the molecule is Cn1c(-c2cccc(Br)c2N)nc2cccnc21. The van der Waals surface area contributed by atoms with Gasteiger partial charge < -0.3 is 10.3 Å². The van der Waals surface area contributed by atoms with Crippen molar-refractivity contribution in [3.63, 3.8) is 0 Å². The first-order valence-corrected chi connectivity index (χ1v) is 6.29. The van der Waals surface area contributed by atoms with E-state index in [1.165, 1.54) is 0 Å². The number of nitrogen functional groups attached to an aromatic ring is 1. The molecule has 0 bridgehead atoms. The molecule has 0 aliphatic heterocycles. The van der Waals surface area contributed by atoms with E-state index in [0.717, 1.165) is 27.0 Å². The van der Waals surface area contributed by atoms with Crippen molar-refractivity contribution in [3.8, 4) is 11.4 Å². The first kappa shape index (κ1) is 11.2. The standard InChI is InChI=1S/C13H11BrN4/c1-18-12(8-4-2-5-9(14)11(8)15)17-10-6-3-7-16-13(10)18/h2-7H,15H2,1H3. The molecular formula is C13H11BrN4. The molecule has 0 aliphatic rings. The van der Waals surface area contributed by atoms with Crippen LogP contribution in [0.25, 0.3) is 22.6 Å². The highest BCUT2D eigenvalue weighted by Crippen LogP contribution is 2.32. The lowest BCUT2D eigenvalue weighted by Crippen LogP contribution is -1.98. The summed E-state index contributed by atoms with van der Waals surface area (Å²) >= 11 is 3.43. The summed E-state index contributed by atoms with van der Waals surface area (Å²) in [5.74, 6) is 0.822.